The van der Waals surface area contributed by atoms with Crippen molar-refractivity contribution in [2.75, 3.05) is 19.6 Å². The van der Waals surface area contributed by atoms with Crippen molar-refractivity contribution < 1.29 is 0 Å². The molecule has 2 heteroatoms. The van der Waals surface area contributed by atoms with Crippen LogP contribution < -0.4 is 0 Å². The van der Waals surface area contributed by atoms with Gasteiger partial charge in [0.05, 0.1) is 12.6 Å². The molecule has 0 aliphatic heterocycles. The number of rotatable bonds is 4. The first-order valence-electron chi connectivity index (χ1n) is 7.32. The molecule has 17 heavy (non-hydrogen) atoms. The zero-order chi connectivity index (χ0) is 11.9. The molecular formula is C15H24N2. The number of nitriles is 1. The Bertz CT molecular complexity index is 293. The molecule has 0 saturated heterocycles. The van der Waals surface area contributed by atoms with Gasteiger partial charge in [0.1, 0.15) is 0 Å². The average Bonchev–Trinajstić information content (AvgIpc) is 2.26. The third kappa shape index (κ3) is 2.10. The molecule has 2 nitrogen and oxygen atoms in total. The van der Waals surface area contributed by atoms with Gasteiger partial charge < -0.3 is 0 Å². The lowest BCUT2D eigenvalue weighted by atomic mass is 9.49. The molecule has 0 aromatic heterocycles. The summed E-state index contributed by atoms with van der Waals surface area (Å²) in [6.45, 7) is 5.05. The average molecular weight is 232 g/mol. The van der Waals surface area contributed by atoms with Crippen LogP contribution in [0.25, 0.3) is 0 Å². The Labute approximate surface area is 105 Å². The van der Waals surface area contributed by atoms with E-state index in [0.29, 0.717) is 12.0 Å². The van der Waals surface area contributed by atoms with Crippen LogP contribution in [0.2, 0.25) is 0 Å². The van der Waals surface area contributed by atoms with Crippen LogP contribution in [0.5, 0.6) is 0 Å². The van der Waals surface area contributed by atoms with Gasteiger partial charge in [-0.15, -0.1) is 0 Å². The summed E-state index contributed by atoms with van der Waals surface area (Å²) in [5, 5.41) is 8.89. The fourth-order valence-electron chi connectivity index (χ4n) is 5.34. The minimum Gasteiger partial charge on any atom is -0.290 e. The highest BCUT2D eigenvalue weighted by atomic mass is 15.1. The molecule has 0 aromatic carbocycles. The summed E-state index contributed by atoms with van der Waals surface area (Å²) >= 11 is 0. The van der Waals surface area contributed by atoms with Gasteiger partial charge in [0.2, 0.25) is 0 Å². The summed E-state index contributed by atoms with van der Waals surface area (Å²) in [6.07, 6.45) is 8.93. The fourth-order valence-corrected chi connectivity index (χ4v) is 5.34. The second kappa shape index (κ2) is 4.28. The molecule has 4 rings (SSSR count). The summed E-state index contributed by atoms with van der Waals surface area (Å²) in [7, 11) is 0. The predicted molar refractivity (Wildman–Crippen MR) is 68.3 cm³/mol. The van der Waals surface area contributed by atoms with E-state index in [1.165, 1.54) is 45.1 Å². The lowest BCUT2D eigenvalue weighted by molar-refractivity contribution is -0.0671. The Morgan fingerprint density at radius 1 is 1.12 bits per heavy atom. The Morgan fingerprint density at radius 3 is 2.06 bits per heavy atom. The van der Waals surface area contributed by atoms with Crippen molar-refractivity contribution in [2.24, 2.45) is 23.2 Å². The van der Waals surface area contributed by atoms with Gasteiger partial charge in [-0.25, -0.2) is 0 Å². The molecule has 0 heterocycles. The number of nitrogens with zero attached hydrogens (tertiary/aromatic N) is 2. The predicted octanol–water partition coefficient (Wildman–Crippen LogP) is 3.05. The Morgan fingerprint density at radius 2 is 1.65 bits per heavy atom. The monoisotopic (exact) mass is 232 g/mol. The molecule has 0 aromatic rings. The normalized spacial score (nSPS) is 43.0. The minimum absolute atomic E-state index is 0.599. The highest BCUT2D eigenvalue weighted by molar-refractivity contribution is 5.02. The molecular weight excluding hydrogens is 208 g/mol. The van der Waals surface area contributed by atoms with Crippen molar-refractivity contribution in [1.82, 2.24) is 4.90 Å². The van der Waals surface area contributed by atoms with E-state index in [-0.39, 0.29) is 0 Å². The van der Waals surface area contributed by atoms with E-state index in [0.717, 1.165) is 24.3 Å². The second-order valence-corrected chi connectivity index (χ2v) is 6.88. The molecule has 4 bridgehead atoms. The van der Waals surface area contributed by atoms with Crippen LogP contribution in [0.4, 0.5) is 0 Å². The molecule has 0 amide bonds. The lowest BCUT2D eigenvalue weighted by Crippen LogP contribution is -2.51. The van der Waals surface area contributed by atoms with E-state index < -0.39 is 0 Å². The van der Waals surface area contributed by atoms with E-state index >= 15 is 0 Å². The van der Waals surface area contributed by atoms with E-state index in [1.54, 1.807) is 0 Å². The maximum absolute atomic E-state index is 8.89. The molecule has 0 atom stereocenters. The zero-order valence-electron chi connectivity index (χ0n) is 11.0. The van der Waals surface area contributed by atoms with Crippen LogP contribution >= 0.6 is 0 Å². The first-order chi connectivity index (χ1) is 8.23. The minimum atomic E-state index is 0.599. The highest BCUT2D eigenvalue weighted by Gasteiger charge is 2.51. The van der Waals surface area contributed by atoms with Gasteiger partial charge in [0.15, 0.2) is 0 Å². The van der Waals surface area contributed by atoms with E-state index in [1.807, 2.05) is 0 Å². The van der Waals surface area contributed by atoms with Gasteiger partial charge >= 0.3 is 0 Å². The largest absolute Gasteiger partial charge is 0.290 e. The molecule has 4 aliphatic carbocycles. The van der Waals surface area contributed by atoms with Gasteiger partial charge in [-0.1, -0.05) is 6.92 Å². The van der Waals surface area contributed by atoms with Gasteiger partial charge in [0, 0.05) is 6.54 Å². The Hall–Kier alpha value is -0.550. The first-order valence-corrected chi connectivity index (χ1v) is 7.32. The Kier molecular flexibility index (Phi) is 2.91. The van der Waals surface area contributed by atoms with Crippen LogP contribution in [0.3, 0.4) is 0 Å². The van der Waals surface area contributed by atoms with Crippen molar-refractivity contribution in [3.8, 4) is 6.07 Å². The topological polar surface area (TPSA) is 27.0 Å². The smallest absolute Gasteiger partial charge is 0.0866 e. The molecule has 0 N–H and O–H groups in total. The van der Waals surface area contributed by atoms with Crippen molar-refractivity contribution in [3.63, 3.8) is 0 Å². The number of hydrogen-bond donors (Lipinski definition) is 0. The molecule has 0 spiro atoms. The van der Waals surface area contributed by atoms with Crippen LogP contribution in [0.1, 0.15) is 45.4 Å². The fraction of sp³-hybridized carbons (Fsp3) is 0.933. The van der Waals surface area contributed by atoms with Crippen molar-refractivity contribution in [3.05, 3.63) is 0 Å². The molecule has 94 valence electrons. The quantitative estimate of drug-likeness (QED) is 0.697. The van der Waals surface area contributed by atoms with Crippen LogP contribution in [-0.4, -0.2) is 24.5 Å². The third-order valence-electron chi connectivity index (χ3n) is 5.47. The Balaban J connectivity index is 1.71. The molecule has 4 aliphatic rings. The highest BCUT2D eigenvalue weighted by Crippen LogP contribution is 2.60. The maximum atomic E-state index is 8.89. The van der Waals surface area contributed by atoms with Gasteiger partial charge in [-0.3, -0.25) is 4.90 Å². The van der Waals surface area contributed by atoms with Crippen molar-refractivity contribution in [1.29, 1.82) is 5.26 Å². The summed E-state index contributed by atoms with van der Waals surface area (Å²) in [5.74, 6) is 3.09. The maximum Gasteiger partial charge on any atom is 0.0866 e. The zero-order valence-corrected chi connectivity index (χ0v) is 11.0. The van der Waals surface area contributed by atoms with E-state index in [4.69, 9.17) is 5.26 Å². The van der Waals surface area contributed by atoms with Crippen molar-refractivity contribution in [2.45, 2.75) is 45.4 Å². The summed E-state index contributed by atoms with van der Waals surface area (Å²) < 4.78 is 0. The van der Waals surface area contributed by atoms with Gasteiger partial charge in [0.25, 0.3) is 0 Å². The van der Waals surface area contributed by atoms with Crippen LogP contribution in [0, 0.1) is 34.5 Å². The van der Waals surface area contributed by atoms with Crippen LogP contribution in [-0.2, 0) is 0 Å². The SMILES string of the molecule is CCN(CC#N)CC12CC3CC(CC(C3)C1)C2. The van der Waals surface area contributed by atoms with Gasteiger partial charge in [-0.2, -0.15) is 5.26 Å². The summed E-state index contributed by atoms with van der Waals surface area (Å²) in [6, 6.07) is 2.33. The third-order valence-corrected chi connectivity index (χ3v) is 5.47. The molecule has 4 fully saturated rings. The molecule has 0 radical (unpaired) electrons. The lowest BCUT2D eigenvalue weighted by Gasteiger charge is -2.57. The van der Waals surface area contributed by atoms with Gasteiger partial charge in [-0.05, 0) is 68.2 Å². The van der Waals surface area contributed by atoms with Crippen molar-refractivity contribution >= 4 is 0 Å². The second-order valence-electron chi connectivity index (χ2n) is 6.88. The first kappa shape index (κ1) is 11.5. The summed E-state index contributed by atoms with van der Waals surface area (Å²) in [5.41, 5.74) is 0.599. The molecule has 0 unspecified atom stereocenters. The number of hydrogen-bond acceptors (Lipinski definition) is 2. The van der Waals surface area contributed by atoms with E-state index in [2.05, 4.69) is 17.9 Å². The molecule has 4 saturated carbocycles. The van der Waals surface area contributed by atoms with E-state index in [9.17, 15) is 0 Å². The van der Waals surface area contributed by atoms with Crippen LogP contribution in [0.15, 0.2) is 0 Å². The summed E-state index contributed by atoms with van der Waals surface area (Å²) in [4.78, 5) is 2.37. The standard InChI is InChI=1S/C15H24N2/c1-2-17(4-3-16)11-15-8-12-5-13(9-15)7-14(6-12)10-15/h12-14H,2,4-11H2,1H3.